The van der Waals surface area contributed by atoms with Crippen molar-refractivity contribution in [1.82, 2.24) is 47.4 Å². The van der Waals surface area contributed by atoms with Gasteiger partial charge in [-0.2, -0.15) is 0 Å². The number of phenolic OH excluding ortho intramolecular Hbond substituents is 1. The molecule has 0 saturated carbocycles. The van der Waals surface area contributed by atoms with Crippen molar-refractivity contribution in [3.8, 4) is 5.75 Å². The minimum Gasteiger partial charge on any atom is -0.508 e. The van der Waals surface area contributed by atoms with E-state index in [0.717, 1.165) is 4.90 Å². The van der Waals surface area contributed by atoms with Crippen LogP contribution >= 0.6 is 0 Å². The third-order valence-electron chi connectivity index (χ3n) is 11.4. The quantitative estimate of drug-likeness (QED) is 0.0741. The predicted octanol–water partition coefficient (Wildman–Crippen LogP) is -4.81. The number of carbonyl (C=O) groups is 12. The SMILES string of the molecule is CC[C@H](C)[C@@H]1NC(=O)[C@H](Cc2ccc(O)cc2)NC(=O)CNC(=O)CC[C@@H](C(=O)N2CCC[C@H]2C(=O)N[C@H](C(=O)NCC(N)=O)C(C)C)NC(=O)[C@H](CC(N)=O)NC(=O)[C@H](CCC(N)=O)NC1=O. The molecule has 25 nitrogen and oxygen atoms in total. The lowest BCUT2D eigenvalue weighted by Crippen LogP contribution is -2.61. The Bertz CT molecular complexity index is 2070. The molecule has 2 aliphatic rings. The van der Waals surface area contributed by atoms with Gasteiger partial charge in [0.05, 0.1) is 19.5 Å². The summed E-state index contributed by atoms with van der Waals surface area (Å²) in [7, 11) is 0. The van der Waals surface area contributed by atoms with Gasteiger partial charge in [0.1, 0.15) is 48.0 Å². The second-order valence-corrected chi connectivity index (χ2v) is 17.1. The van der Waals surface area contributed by atoms with Crippen molar-refractivity contribution >= 4 is 70.9 Å². The minimum absolute atomic E-state index is 0.0188. The lowest BCUT2D eigenvalue weighted by atomic mass is 9.96. The first-order valence-electron chi connectivity index (χ1n) is 22.3. The van der Waals surface area contributed by atoms with Crippen LogP contribution < -0.4 is 59.7 Å². The lowest BCUT2D eigenvalue weighted by molar-refractivity contribution is -0.143. The topological polar surface area (TPSA) is 403 Å². The maximum absolute atomic E-state index is 14.4. The largest absolute Gasteiger partial charge is 0.508 e. The van der Waals surface area contributed by atoms with Crippen LogP contribution in [0, 0.1) is 11.8 Å². The summed E-state index contributed by atoms with van der Waals surface area (Å²) < 4.78 is 0. The molecule has 0 spiro atoms. The average molecular weight is 957 g/mol. The van der Waals surface area contributed by atoms with Crippen LogP contribution in [0.15, 0.2) is 24.3 Å². The monoisotopic (exact) mass is 956 g/mol. The first-order chi connectivity index (χ1) is 32.0. The van der Waals surface area contributed by atoms with E-state index >= 15 is 0 Å². The number of carbonyl (C=O) groups excluding carboxylic acids is 12. The molecule has 1 aromatic rings. The standard InChI is InChI=1S/C43H64N12O13/c1-5-22(4)36-42(67)50-25(12-14-30(44)57)37(62)52-28(18-31(45)58)38(63)51-26(43(68)55-16-6-7-29(55)40(65)53-35(21(2)3)41(66)48-19-32(46)59)13-15-33(60)47-20-34(61)49-27(39(64)54-36)17-23-8-10-24(56)11-9-23/h8-11,21-22,25-29,35-36,56H,5-7,12-20H2,1-4H3,(H2,44,57)(H2,45,58)(H2,46,59)(H,47,60)(H,48,66)(H,49,61)(H,50,67)(H,51,63)(H,52,62)(H,53,65)(H,54,64)/t22-,25-,26-,27-,28-,29-,35-,36-/m0/s1. The Morgan fingerprint density at radius 2 is 1.40 bits per heavy atom. The molecule has 2 aliphatic heterocycles. The highest BCUT2D eigenvalue weighted by Gasteiger charge is 2.41. The van der Waals surface area contributed by atoms with Gasteiger partial charge in [-0.05, 0) is 55.2 Å². The fourth-order valence-electron chi connectivity index (χ4n) is 7.42. The lowest BCUT2D eigenvalue weighted by Gasteiger charge is -2.31. The van der Waals surface area contributed by atoms with Crippen LogP contribution in [0.5, 0.6) is 5.75 Å². The summed E-state index contributed by atoms with van der Waals surface area (Å²) in [5.74, 6) is -11.9. The highest BCUT2D eigenvalue weighted by atomic mass is 16.3. The Morgan fingerprint density at radius 1 is 0.765 bits per heavy atom. The molecular formula is C43H64N12O13. The van der Waals surface area contributed by atoms with Gasteiger partial charge in [0, 0.05) is 25.8 Å². The van der Waals surface area contributed by atoms with Gasteiger partial charge in [0.25, 0.3) is 0 Å². The van der Waals surface area contributed by atoms with Crippen LogP contribution in [-0.4, -0.2) is 143 Å². The zero-order chi connectivity index (χ0) is 50.8. The van der Waals surface area contributed by atoms with Crippen LogP contribution in [0.1, 0.15) is 84.6 Å². The van der Waals surface area contributed by atoms with Crippen molar-refractivity contribution in [3.05, 3.63) is 29.8 Å². The molecule has 12 amide bonds. The Balaban J connectivity index is 2.06. The normalized spacial score (nSPS) is 23.3. The van der Waals surface area contributed by atoms with Crippen LogP contribution in [-0.2, 0) is 64.0 Å². The van der Waals surface area contributed by atoms with Crippen LogP contribution in [0.3, 0.4) is 0 Å². The van der Waals surface area contributed by atoms with Crippen molar-refractivity contribution in [2.24, 2.45) is 29.0 Å². The third-order valence-corrected chi connectivity index (χ3v) is 11.4. The fourth-order valence-corrected chi connectivity index (χ4v) is 7.42. The summed E-state index contributed by atoms with van der Waals surface area (Å²) in [6.45, 7) is 5.42. The summed E-state index contributed by atoms with van der Waals surface area (Å²) in [4.78, 5) is 160. The van der Waals surface area contributed by atoms with E-state index in [-0.39, 0.29) is 25.1 Å². The van der Waals surface area contributed by atoms with E-state index in [2.05, 4.69) is 42.5 Å². The number of phenols is 1. The molecule has 1 aromatic carbocycles. The number of hydrogen-bond acceptors (Lipinski definition) is 13. The van der Waals surface area contributed by atoms with Crippen LogP contribution in [0.25, 0.3) is 0 Å². The second-order valence-electron chi connectivity index (χ2n) is 17.1. The van der Waals surface area contributed by atoms with Crippen molar-refractivity contribution in [1.29, 1.82) is 0 Å². The van der Waals surface area contributed by atoms with Crippen molar-refractivity contribution in [2.75, 3.05) is 19.6 Å². The van der Waals surface area contributed by atoms with E-state index in [1.165, 1.54) is 24.3 Å². The summed E-state index contributed by atoms with van der Waals surface area (Å²) in [5, 5.41) is 29.6. The first kappa shape index (κ1) is 55.0. The molecule has 0 unspecified atom stereocenters. The molecule has 2 saturated heterocycles. The molecular weight excluding hydrogens is 893 g/mol. The van der Waals surface area contributed by atoms with Gasteiger partial charge in [-0.25, -0.2) is 0 Å². The van der Waals surface area contributed by atoms with Crippen molar-refractivity contribution < 1.29 is 62.6 Å². The Kier molecular flexibility index (Phi) is 21.1. The number of primary amides is 3. The summed E-state index contributed by atoms with van der Waals surface area (Å²) in [6.07, 6.45) is -2.13. The molecule has 374 valence electrons. The van der Waals surface area contributed by atoms with Gasteiger partial charge in [-0.1, -0.05) is 46.2 Å². The van der Waals surface area contributed by atoms with E-state index in [1.807, 2.05) is 0 Å². The van der Waals surface area contributed by atoms with Gasteiger partial charge < -0.3 is 69.7 Å². The van der Waals surface area contributed by atoms with E-state index in [4.69, 9.17) is 17.2 Å². The van der Waals surface area contributed by atoms with Crippen molar-refractivity contribution in [2.45, 2.75) is 128 Å². The first-order valence-corrected chi connectivity index (χ1v) is 22.3. The average Bonchev–Trinajstić information content (AvgIpc) is 3.78. The van der Waals surface area contributed by atoms with Gasteiger partial charge in [-0.15, -0.1) is 0 Å². The molecule has 2 fully saturated rings. The molecule has 0 aliphatic carbocycles. The molecule has 25 heteroatoms. The summed E-state index contributed by atoms with van der Waals surface area (Å²) in [5.41, 5.74) is 16.5. The maximum atomic E-state index is 14.4. The molecule has 15 N–H and O–H groups in total. The Hall–Kier alpha value is -7.34. The van der Waals surface area contributed by atoms with Crippen molar-refractivity contribution in [3.63, 3.8) is 0 Å². The number of rotatable bonds is 16. The van der Waals surface area contributed by atoms with E-state index in [1.54, 1.807) is 27.7 Å². The van der Waals surface area contributed by atoms with E-state index in [9.17, 15) is 62.6 Å². The zero-order valence-electron chi connectivity index (χ0n) is 38.5. The van der Waals surface area contributed by atoms with Gasteiger partial charge >= 0.3 is 0 Å². The number of hydrogen-bond donors (Lipinski definition) is 12. The number of nitrogens with two attached hydrogens (primary N) is 3. The molecule has 0 bridgehead atoms. The van der Waals surface area contributed by atoms with Gasteiger partial charge in [0.2, 0.25) is 70.9 Å². The number of aromatic hydroxyl groups is 1. The van der Waals surface area contributed by atoms with Gasteiger partial charge in [-0.3, -0.25) is 57.5 Å². The number of likely N-dealkylation sites (tertiary alicyclic amines) is 1. The Morgan fingerprint density at radius 3 is 2.00 bits per heavy atom. The van der Waals surface area contributed by atoms with Crippen LogP contribution in [0.2, 0.25) is 0 Å². The number of nitrogens with one attached hydrogen (secondary N) is 8. The number of benzene rings is 1. The molecule has 0 radical (unpaired) electrons. The molecule has 68 heavy (non-hydrogen) atoms. The fraction of sp³-hybridized carbons (Fsp3) is 0.581. The molecule has 0 aromatic heterocycles. The second kappa shape index (κ2) is 26.1. The number of nitrogens with zero attached hydrogens (tertiary/aromatic N) is 1. The summed E-state index contributed by atoms with van der Waals surface area (Å²) in [6, 6.07) is -4.40. The zero-order valence-corrected chi connectivity index (χ0v) is 38.5. The van der Waals surface area contributed by atoms with Crippen LogP contribution in [0.4, 0.5) is 0 Å². The highest BCUT2D eigenvalue weighted by molar-refractivity contribution is 6.00. The van der Waals surface area contributed by atoms with Gasteiger partial charge in [0.15, 0.2) is 0 Å². The third kappa shape index (κ3) is 17.1. The molecule has 2 heterocycles. The Labute approximate surface area is 392 Å². The minimum atomic E-state index is -1.82. The molecule has 3 rings (SSSR count). The maximum Gasteiger partial charge on any atom is 0.245 e. The predicted molar refractivity (Wildman–Crippen MR) is 239 cm³/mol. The smallest absolute Gasteiger partial charge is 0.245 e. The molecule has 8 atom stereocenters. The summed E-state index contributed by atoms with van der Waals surface area (Å²) >= 11 is 0. The van der Waals surface area contributed by atoms with E-state index < -0.39 is 170 Å². The van der Waals surface area contributed by atoms with E-state index in [0.29, 0.717) is 18.4 Å². The highest BCUT2D eigenvalue weighted by Crippen LogP contribution is 2.21. The number of amides is 12.